The Balaban J connectivity index is 1.82. The van der Waals surface area contributed by atoms with E-state index < -0.39 is 0 Å². The van der Waals surface area contributed by atoms with Gasteiger partial charge in [0.2, 0.25) is 0 Å². The van der Waals surface area contributed by atoms with Crippen molar-refractivity contribution in [1.82, 2.24) is 9.78 Å². The molecular weight excluding hydrogens is 304 g/mol. The molecule has 0 saturated carbocycles. The zero-order chi connectivity index (χ0) is 13.1. The van der Waals surface area contributed by atoms with E-state index in [9.17, 15) is 0 Å². The minimum Gasteiger partial charge on any atom is -0.454 e. The van der Waals surface area contributed by atoms with Gasteiger partial charge in [-0.2, -0.15) is 5.10 Å². The van der Waals surface area contributed by atoms with Gasteiger partial charge in [0.1, 0.15) is 5.75 Å². The molecule has 0 amide bonds. The van der Waals surface area contributed by atoms with Gasteiger partial charge in [-0.3, -0.25) is 0 Å². The van der Waals surface area contributed by atoms with Gasteiger partial charge in [-0.25, -0.2) is 4.68 Å². The third-order valence-electron chi connectivity index (χ3n) is 2.63. The van der Waals surface area contributed by atoms with Crippen molar-refractivity contribution in [2.75, 3.05) is 0 Å². The molecule has 0 bridgehead atoms. The van der Waals surface area contributed by atoms with Gasteiger partial charge in [0.25, 0.3) is 0 Å². The van der Waals surface area contributed by atoms with Crippen molar-refractivity contribution in [3.63, 3.8) is 0 Å². The summed E-state index contributed by atoms with van der Waals surface area (Å²) in [6, 6.07) is 17.6. The minimum atomic E-state index is 0.717. The fraction of sp³-hybridized carbons (Fsp3) is 0. The second-order valence-electron chi connectivity index (χ2n) is 4.01. The molecule has 0 saturated heterocycles. The predicted octanol–water partition coefficient (Wildman–Crippen LogP) is 4.43. The van der Waals surface area contributed by atoms with Crippen molar-refractivity contribution in [2.24, 2.45) is 0 Å². The van der Waals surface area contributed by atoms with E-state index in [4.69, 9.17) is 4.74 Å². The van der Waals surface area contributed by atoms with E-state index in [1.807, 2.05) is 60.8 Å². The number of para-hydroxylation sites is 1. The van der Waals surface area contributed by atoms with Crippen LogP contribution in [0.1, 0.15) is 0 Å². The van der Waals surface area contributed by atoms with Crippen LogP contribution >= 0.6 is 15.9 Å². The molecule has 0 aliphatic heterocycles. The number of hydrogen-bond acceptors (Lipinski definition) is 2. The summed E-state index contributed by atoms with van der Waals surface area (Å²) < 4.78 is 8.54. The molecule has 1 aromatic heterocycles. The van der Waals surface area contributed by atoms with Crippen LogP contribution in [-0.4, -0.2) is 9.78 Å². The van der Waals surface area contributed by atoms with E-state index in [2.05, 4.69) is 21.0 Å². The number of rotatable bonds is 3. The number of halogens is 1. The van der Waals surface area contributed by atoms with Crippen molar-refractivity contribution >= 4 is 15.9 Å². The molecule has 0 atom stereocenters. The highest BCUT2D eigenvalue weighted by Crippen LogP contribution is 2.21. The fourth-order valence-electron chi connectivity index (χ4n) is 1.72. The van der Waals surface area contributed by atoms with Gasteiger partial charge < -0.3 is 4.74 Å². The topological polar surface area (TPSA) is 27.1 Å². The van der Waals surface area contributed by atoms with Crippen molar-refractivity contribution in [3.05, 3.63) is 71.5 Å². The van der Waals surface area contributed by atoms with Gasteiger partial charge in [0.05, 0.1) is 18.1 Å². The molecule has 3 nitrogen and oxygen atoms in total. The zero-order valence-corrected chi connectivity index (χ0v) is 11.6. The molecule has 3 rings (SSSR count). The lowest BCUT2D eigenvalue weighted by Crippen LogP contribution is -1.92. The van der Waals surface area contributed by atoms with Gasteiger partial charge in [0.15, 0.2) is 5.75 Å². The van der Waals surface area contributed by atoms with E-state index >= 15 is 0 Å². The van der Waals surface area contributed by atoms with Gasteiger partial charge in [0, 0.05) is 4.47 Å². The molecule has 0 radical (unpaired) electrons. The Labute approximate surface area is 119 Å². The van der Waals surface area contributed by atoms with Crippen molar-refractivity contribution in [3.8, 4) is 17.2 Å². The first kappa shape index (κ1) is 12.0. The maximum Gasteiger partial charge on any atom is 0.165 e. The minimum absolute atomic E-state index is 0.717. The lowest BCUT2D eigenvalue weighted by molar-refractivity contribution is 0.482. The molecule has 0 aliphatic rings. The highest BCUT2D eigenvalue weighted by atomic mass is 79.9. The molecular formula is C15H11BrN2O. The highest BCUT2D eigenvalue weighted by Gasteiger charge is 2.02. The standard InChI is InChI=1S/C15H11BrN2O/c16-12-6-8-13(9-7-12)18-11-15(10-17-18)19-14-4-2-1-3-5-14/h1-11H. The summed E-state index contributed by atoms with van der Waals surface area (Å²) >= 11 is 3.41. The Hall–Kier alpha value is -2.07. The number of nitrogens with zero attached hydrogens (tertiary/aromatic N) is 2. The molecule has 0 aliphatic carbocycles. The maximum absolute atomic E-state index is 5.71. The quantitative estimate of drug-likeness (QED) is 0.715. The van der Waals surface area contributed by atoms with Crippen molar-refractivity contribution < 1.29 is 4.74 Å². The van der Waals surface area contributed by atoms with Gasteiger partial charge in [-0.05, 0) is 36.4 Å². The van der Waals surface area contributed by atoms with Gasteiger partial charge in [-0.1, -0.05) is 34.1 Å². The summed E-state index contributed by atoms with van der Waals surface area (Å²) in [5.74, 6) is 1.52. The van der Waals surface area contributed by atoms with Crippen LogP contribution in [0.4, 0.5) is 0 Å². The lowest BCUT2D eigenvalue weighted by atomic mass is 10.3. The molecule has 0 fully saturated rings. The lowest BCUT2D eigenvalue weighted by Gasteiger charge is -2.02. The first-order valence-corrected chi connectivity index (χ1v) is 6.64. The third kappa shape index (κ3) is 2.85. The van der Waals surface area contributed by atoms with Crippen LogP contribution in [0, 0.1) is 0 Å². The number of hydrogen-bond donors (Lipinski definition) is 0. The summed E-state index contributed by atoms with van der Waals surface area (Å²) in [5, 5.41) is 4.29. The Kier molecular flexibility index (Phi) is 3.33. The molecule has 4 heteroatoms. The Morgan fingerprint density at radius 3 is 2.37 bits per heavy atom. The molecule has 2 aromatic carbocycles. The summed E-state index contributed by atoms with van der Waals surface area (Å²) in [6.45, 7) is 0. The van der Waals surface area contributed by atoms with Crippen molar-refractivity contribution in [2.45, 2.75) is 0 Å². The van der Waals surface area contributed by atoms with E-state index in [1.165, 1.54) is 0 Å². The fourth-order valence-corrected chi connectivity index (χ4v) is 1.98. The number of aromatic nitrogens is 2. The third-order valence-corrected chi connectivity index (χ3v) is 3.16. The number of ether oxygens (including phenoxy) is 1. The molecule has 94 valence electrons. The van der Waals surface area contributed by atoms with Crippen LogP contribution in [0.25, 0.3) is 5.69 Å². The summed E-state index contributed by atoms with van der Waals surface area (Å²) in [4.78, 5) is 0. The van der Waals surface area contributed by atoms with Crippen LogP contribution in [-0.2, 0) is 0 Å². The zero-order valence-electron chi connectivity index (χ0n) is 10.0. The first-order valence-electron chi connectivity index (χ1n) is 5.85. The molecule has 1 heterocycles. The largest absolute Gasteiger partial charge is 0.454 e. The van der Waals surface area contributed by atoms with E-state index in [0.717, 1.165) is 15.9 Å². The molecule has 0 spiro atoms. The van der Waals surface area contributed by atoms with Crippen LogP contribution in [0.2, 0.25) is 0 Å². The molecule has 19 heavy (non-hydrogen) atoms. The summed E-state index contributed by atoms with van der Waals surface area (Å²) in [5.41, 5.74) is 0.992. The summed E-state index contributed by atoms with van der Waals surface area (Å²) in [7, 11) is 0. The normalized spacial score (nSPS) is 10.4. The Morgan fingerprint density at radius 1 is 0.895 bits per heavy atom. The summed E-state index contributed by atoms with van der Waals surface area (Å²) in [6.07, 6.45) is 3.56. The van der Waals surface area contributed by atoms with E-state index in [1.54, 1.807) is 10.9 Å². The average molecular weight is 315 g/mol. The Morgan fingerprint density at radius 2 is 1.63 bits per heavy atom. The molecule has 0 N–H and O–H groups in total. The van der Waals surface area contributed by atoms with Gasteiger partial charge in [-0.15, -0.1) is 0 Å². The van der Waals surface area contributed by atoms with Gasteiger partial charge >= 0.3 is 0 Å². The molecule has 0 unspecified atom stereocenters. The van der Waals surface area contributed by atoms with Crippen LogP contribution in [0.3, 0.4) is 0 Å². The van der Waals surface area contributed by atoms with Crippen LogP contribution in [0.5, 0.6) is 11.5 Å². The van der Waals surface area contributed by atoms with Crippen LogP contribution < -0.4 is 4.74 Å². The van der Waals surface area contributed by atoms with E-state index in [-0.39, 0.29) is 0 Å². The predicted molar refractivity (Wildman–Crippen MR) is 77.8 cm³/mol. The molecule has 3 aromatic rings. The Bertz CT molecular complexity index is 662. The SMILES string of the molecule is Brc1ccc(-n2cc(Oc3ccccc3)cn2)cc1. The maximum atomic E-state index is 5.71. The second-order valence-corrected chi connectivity index (χ2v) is 4.93. The average Bonchev–Trinajstić information content (AvgIpc) is 2.89. The second kappa shape index (κ2) is 5.28. The van der Waals surface area contributed by atoms with E-state index in [0.29, 0.717) is 5.75 Å². The van der Waals surface area contributed by atoms with Crippen LogP contribution in [0.15, 0.2) is 71.5 Å². The number of benzene rings is 2. The first-order chi connectivity index (χ1) is 9.31. The van der Waals surface area contributed by atoms with Crippen molar-refractivity contribution in [1.29, 1.82) is 0 Å². The smallest absolute Gasteiger partial charge is 0.165 e. The monoisotopic (exact) mass is 314 g/mol. The highest BCUT2D eigenvalue weighted by molar-refractivity contribution is 9.10.